The number of benzene rings is 1. The maximum absolute atomic E-state index is 5.68. The van der Waals surface area contributed by atoms with E-state index in [1.54, 1.807) is 6.20 Å². The number of anilines is 2. The average molecular weight is 282 g/mol. The summed E-state index contributed by atoms with van der Waals surface area (Å²) >= 11 is 0. The molecule has 110 valence electrons. The van der Waals surface area contributed by atoms with Crippen molar-refractivity contribution in [2.45, 2.75) is 6.42 Å². The van der Waals surface area contributed by atoms with Crippen LogP contribution in [-0.4, -0.2) is 42.6 Å². The summed E-state index contributed by atoms with van der Waals surface area (Å²) in [5.41, 5.74) is 7.82. The molecule has 0 bridgehead atoms. The summed E-state index contributed by atoms with van der Waals surface area (Å²) < 4.78 is 0. The van der Waals surface area contributed by atoms with Crippen LogP contribution in [0.4, 0.5) is 11.5 Å². The summed E-state index contributed by atoms with van der Waals surface area (Å²) in [6.45, 7) is 5.39. The molecule has 4 heteroatoms. The Balaban J connectivity index is 1.48. The molecule has 1 aromatic carbocycles. The molecule has 3 rings (SSSR count). The quantitative estimate of drug-likeness (QED) is 0.932. The van der Waals surface area contributed by atoms with E-state index < -0.39 is 0 Å². The predicted octanol–water partition coefficient (Wildman–Crippen LogP) is 2.03. The third-order valence-corrected chi connectivity index (χ3v) is 4.03. The Kier molecular flexibility index (Phi) is 4.36. The zero-order valence-corrected chi connectivity index (χ0v) is 12.3. The van der Waals surface area contributed by atoms with Crippen LogP contribution in [0.1, 0.15) is 5.56 Å². The molecule has 2 aromatic rings. The highest BCUT2D eigenvalue weighted by Crippen LogP contribution is 2.15. The van der Waals surface area contributed by atoms with Gasteiger partial charge >= 0.3 is 0 Å². The Bertz CT molecular complexity index is 545. The van der Waals surface area contributed by atoms with Crippen molar-refractivity contribution in [1.82, 2.24) is 9.88 Å². The van der Waals surface area contributed by atoms with Gasteiger partial charge in [-0.3, -0.25) is 4.90 Å². The number of rotatable bonds is 4. The average Bonchev–Trinajstić information content (AvgIpc) is 2.55. The van der Waals surface area contributed by atoms with Crippen molar-refractivity contribution in [3.05, 3.63) is 54.2 Å². The van der Waals surface area contributed by atoms with Gasteiger partial charge < -0.3 is 10.6 Å². The lowest BCUT2D eigenvalue weighted by Gasteiger charge is -2.35. The van der Waals surface area contributed by atoms with E-state index in [4.69, 9.17) is 5.73 Å². The van der Waals surface area contributed by atoms with E-state index in [9.17, 15) is 0 Å². The van der Waals surface area contributed by atoms with Gasteiger partial charge in [0.2, 0.25) is 0 Å². The van der Waals surface area contributed by atoms with Crippen molar-refractivity contribution in [3.63, 3.8) is 0 Å². The molecule has 21 heavy (non-hydrogen) atoms. The minimum absolute atomic E-state index is 0.722. The number of pyridine rings is 1. The van der Waals surface area contributed by atoms with E-state index in [2.05, 4.69) is 45.1 Å². The van der Waals surface area contributed by atoms with Crippen LogP contribution in [0.15, 0.2) is 48.7 Å². The Labute approximate surface area is 126 Å². The minimum atomic E-state index is 0.722. The van der Waals surface area contributed by atoms with Crippen LogP contribution in [-0.2, 0) is 6.42 Å². The van der Waals surface area contributed by atoms with Crippen molar-refractivity contribution in [2.24, 2.45) is 0 Å². The van der Waals surface area contributed by atoms with Gasteiger partial charge in [-0.2, -0.15) is 0 Å². The van der Waals surface area contributed by atoms with Crippen LogP contribution in [0.25, 0.3) is 0 Å². The van der Waals surface area contributed by atoms with E-state index in [1.807, 2.05) is 12.1 Å². The molecule has 0 spiro atoms. The van der Waals surface area contributed by atoms with Crippen molar-refractivity contribution < 1.29 is 0 Å². The fraction of sp³-hybridized carbons (Fsp3) is 0.353. The van der Waals surface area contributed by atoms with Crippen LogP contribution in [0.3, 0.4) is 0 Å². The second-order valence-electron chi connectivity index (χ2n) is 5.51. The predicted molar refractivity (Wildman–Crippen MR) is 87.4 cm³/mol. The summed E-state index contributed by atoms with van der Waals surface area (Å²) in [7, 11) is 0. The molecule has 0 aliphatic carbocycles. The minimum Gasteiger partial charge on any atom is -0.397 e. The molecular weight excluding hydrogens is 260 g/mol. The van der Waals surface area contributed by atoms with Gasteiger partial charge in [0.25, 0.3) is 0 Å². The first-order valence-corrected chi connectivity index (χ1v) is 7.54. The van der Waals surface area contributed by atoms with Gasteiger partial charge in [-0.25, -0.2) is 4.98 Å². The van der Waals surface area contributed by atoms with Gasteiger partial charge in [0, 0.05) is 32.7 Å². The molecule has 4 nitrogen and oxygen atoms in total. The Morgan fingerprint density at radius 3 is 2.38 bits per heavy atom. The molecule has 0 radical (unpaired) electrons. The summed E-state index contributed by atoms with van der Waals surface area (Å²) in [5, 5.41) is 0. The third kappa shape index (κ3) is 3.73. The molecule has 0 unspecified atom stereocenters. The lowest BCUT2D eigenvalue weighted by atomic mass is 10.1. The number of hydrogen-bond donors (Lipinski definition) is 1. The highest BCUT2D eigenvalue weighted by atomic mass is 15.3. The lowest BCUT2D eigenvalue weighted by molar-refractivity contribution is 0.260. The van der Waals surface area contributed by atoms with Crippen LogP contribution < -0.4 is 10.6 Å². The molecule has 1 aliphatic rings. The lowest BCUT2D eigenvalue weighted by Crippen LogP contribution is -2.47. The Hall–Kier alpha value is -2.07. The van der Waals surface area contributed by atoms with Gasteiger partial charge in [0.15, 0.2) is 0 Å². The molecule has 1 aromatic heterocycles. The maximum atomic E-state index is 5.68. The van der Waals surface area contributed by atoms with E-state index in [0.29, 0.717) is 0 Å². The number of nitrogens with zero attached hydrogens (tertiary/aromatic N) is 3. The van der Waals surface area contributed by atoms with E-state index >= 15 is 0 Å². The Morgan fingerprint density at radius 1 is 0.952 bits per heavy atom. The zero-order chi connectivity index (χ0) is 14.5. The summed E-state index contributed by atoms with van der Waals surface area (Å²) in [6.07, 6.45) is 2.86. The first-order valence-electron chi connectivity index (χ1n) is 7.54. The van der Waals surface area contributed by atoms with E-state index in [1.165, 1.54) is 5.56 Å². The first-order chi connectivity index (χ1) is 10.3. The molecule has 0 amide bonds. The summed E-state index contributed by atoms with van der Waals surface area (Å²) in [4.78, 5) is 9.26. The highest BCUT2D eigenvalue weighted by Gasteiger charge is 2.17. The number of hydrogen-bond acceptors (Lipinski definition) is 4. The first kappa shape index (κ1) is 13.9. The largest absolute Gasteiger partial charge is 0.397 e. The van der Waals surface area contributed by atoms with Gasteiger partial charge in [-0.05, 0) is 24.1 Å². The number of aromatic nitrogens is 1. The standard InChI is InChI=1S/C17H22N4/c18-16-6-7-17(19-14-16)21-12-10-20(11-13-21)9-8-15-4-2-1-3-5-15/h1-7,14H,8-13,18H2. The molecule has 1 aliphatic heterocycles. The number of piperazine rings is 1. The summed E-state index contributed by atoms with van der Waals surface area (Å²) in [6, 6.07) is 14.6. The normalized spacial score (nSPS) is 16.1. The molecule has 2 heterocycles. The topological polar surface area (TPSA) is 45.4 Å². The van der Waals surface area contributed by atoms with E-state index in [0.717, 1.165) is 50.6 Å². The highest BCUT2D eigenvalue weighted by molar-refractivity contribution is 5.46. The number of nitrogens with two attached hydrogens (primary N) is 1. The molecule has 1 saturated heterocycles. The van der Waals surface area contributed by atoms with Gasteiger partial charge in [0.1, 0.15) is 5.82 Å². The number of nitrogen functional groups attached to an aromatic ring is 1. The van der Waals surface area contributed by atoms with E-state index in [-0.39, 0.29) is 0 Å². The summed E-state index contributed by atoms with van der Waals surface area (Å²) in [5.74, 6) is 1.03. The Morgan fingerprint density at radius 2 is 1.71 bits per heavy atom. The molecule has 0 saturated carbocycles. The molecule has 0 atom stereocenters. The van der Waals surface area contributed by atoms with Crippen molar-refractivity contribution in [1.29, 1.82) is 0 Å². The third-order valence-electron chi connectivity index (χ3n) is 4.03. The fourth-order valence-electron chi connectivity index (χ4n) is 2.72. The smallest absolute Gasteiger partial charge is 0.128 e. The van der Waals surface area contributed by atoms with Gasteiger partial charge in [-0.15, -0.1) is 0 Å². The molecule has 1 fully saturated rings. The maximum Gasteiger partial charge on any atom is 0.128 e. The van der Waals surface area contributed by atoms with Crippen LogP contribution >= 0.6 is 0 Å². The van der Waals surface area contributed by atoms with Gasteiger partial charge in [-0.1, -0.05) is 30.3 Å². The molecular formula is C17H22N4. The SMILES string of the molecule is Nc1ccc(N2CCN(CCc3ccccc3)CC2)nc1. The van der Waals surface area contributed by atoms with Crippen LogP contribution in [0, 0.1) is 0 Å². The van der Waals surface area contributed by atoms with Gasteiger partial charge in [0.05, 0.1) is 11.9 Å². The second-order valence-corrected chi connectivity index (χ2v) is 5.51. The van der Waals surface area contributed by atoms with Crippen molar-refractivity contribution in [3.8, 4) is 0 Å². The van der Waals surface area contributed by atoms with Crippen molar-refractivity contribution in [2.75, 3.05) is 43.4 Å². The van der Waals surface area contributed by atoms with Crippen molar-refractivity contribution >= 4 is 11.5 Å². The monoisotopic (exact) mass is 282 g/mol. The van der Waals surface area contributed by atoms with Crippen LogP contribution in [0.2, 0.25) is 0 Å². The molecule has 2 N–H and O–H groups in total. The van der Waals surface area contributed by atoms with Crippen LogP contribution in [0.5, 0.6) is 0 Å². The zero-order valence-electron chi connectivity index (χ0n) is 12.3. The fourth-order valence-corrected chi connectivity index (χ4v) is 2.72. The second kappa shape index (κ2) is 6.59.